The second kappa shape index (κ2) is 5.65. The molecule has 1 atom stereocenters. The molecule has 4 heteroatoms. The summed E-state index contributed by atoms with van der Waals surface area (Å²) >= 11 is 0. The van der Waals surface area contributed by atoms with Crippen LogP contribution in [0.15, 0.2) is 29.4 Å². The molecule has 1 amide bonds. The first-order chi connectivity index (χ1) is 9.76. The number of carbonyl (C=O) groups is 1. The first-order valence-electron chi connectivity index (χ1n) is 7.32. The van der Waals surface area contributed by atoms with Crippen molar-refractivity contribution in [3.8, 4) is 0 Å². The van der Waals surface area contributed by atoms with Crippen molar-refractivity contribution in [3.05, 3.63) is 35.4 Å². The van der Waals surface area contributed by atoms with Gasteiger partial charge in [0, 0.05) is 12.3 Å². The van der Waals surface area contributed by atoms with E-state index in [1.54, 1.807) is 0 Å². The van der Waals surface area contributed by atoms with E-state index in [4.69, 9.17) is 4.84 Å². The third-order valence-corrected chi connectivity index (χ3v) is 4.13. The first-order valence-corrected chi connectivity index (χ1v) is 7.32. The molecule has 1 aliphatic heterocycles. The molecule has 0 radical (unpaired) electrons. The molecule has 106 valence electrons. The van der Waals surface area contributed by atoms with Gasteiger partial charge in [-0.2, -0.15) is 0 Å². The van der Waals surface area contributed by atoms with E-state index in [2.05, 4.69) is 29.5 Å². The maximum absolute atomic E-state index is 12.2. The fraction of sp³-hybridized carbons (Fsp3) is 0.500. The maximum Gasteiger partial charge on any atom is 0.223 e. The molecule has 0 unspecified atom stereocenters. The summed E-state index contributed by atoms with van der Waals surface area (Å²) in [5.41, 5.74) is 3.69. The van der Waals surface area contributed by atoms with Crippen LogP contribution in [0.25, 0.3) is 0 Å². The number of benzene rings is 1. The van der Waals surface area contributed by atoms with Crippen molar-refractivity contribution in [1.29, 1.82) is 0 Å². The van der Waals surface area contributed by atoms with E-state index >= 15 is 0 Å². The van der Waals surface area contributed by atoms with Crippen LogP contribution in [0.3, 0.4) is 0 Å². The molecule has 1 heterocycles. The summed E-state index contributed by atoms with van der Waals surface area (Å²) in [6.07, 6.45) is 3.47. The van der Waals surface area contributed by atoms with Crippen molar-refractivity contribution >= 4 is 11.6 Å². The fourth-order valence-electron chi connectivity index (χ4n) is 2.91. The molecule has 0 fully saturated rings. The van der Waals surface area contributed by atoms with Gasteiger partial charge in [0.05, 0.1) is 12.3 Å². The van der Waals surface area contributed by atoms with Crippen LogP contribution in [-0.4, -0.2) is 24.3 Å². The number of hydrogen-bond acceptors (Lipinski definition) is 3. The molecule has 0 spiro atoms. The average Bonchev–Trinajstić information content (AvgIpc) is 3.10. The van der Waals surface area contributed by atoms with Crippen LogP contribution in [0.1, 0.15) is 30.9 Å². The molecule has 3 rings (SSSR count). The first kappa shape index (κ1) is 13.2. The van der Waals surface area contributed by atoms with Gasteiger partial charge in [-0.3, -0.25) is 4.79 Å². The summed E-state index contributed by atoms with van der Waals surface area (Å²) in [6.45, 7) is 2.62. The Balaban J connectivity index is 1.47. The van der Waals surface area contributed by atoms with E-state index in [0.717, 1.165) is 31.4 Å². The highest BCUT2D eigenvalue weighted by Gasteiger charge is 2.28. The SMILES string of the molecule is CCC1=NO[C@@H](CNC(=O)C2Cc3ccccc3C2)C1. The molecule has 20 heavy (non-hydrogen) atoms. The standard InChI is InChI=1S/C16H20N2O2/c1-2-14-9-15(20-18-14)10-17-16(19)13-7-11-5-3-4-6-12(11)8-13/h3-6,13,15H,2,7-10H2,1H3,(H,17,19)/t15-/m1/s1. The van der Waals surface area contributed by atoms with Crippen LogP contribution in [0.4, 0.5) is 0 Å². The number of oxime groups is 1. The van der Waals surface area contributed by atoms with Crippen LogP contribution in [0.5, 0.6) is 0 Å². The van der Waals surface area contributed by atoms with Crippen molar-refractivity contribution in [2.45, 2.75) is 38.7 Å². The van der Waals surface area contributed by atoms with Gasteiger partial charge in [0.15, 0.2) is 0 Å². The van der Waals surface area contributed by atoms with Crippen LogP contribution in [-0.2, 0) is 22.5 Å². The number of hydrogen-bond donors (Lipinski definition) is 1. The predicted molar refractivity (Wildman–Crippen MR) is 77.6 cm³/mol. The highest BCUT2D eigenvalue weighted by Crippen LogP contribution is 2.26. The Morgan fingerprint density at radius 3 is 2.60 bits per heavy atom. The van der Waals surface area contributed by atoms with E-state index in [1.807, 2.05) is 12.1 Å². The van der Waals surface area contributed by atoms with Gasteiger partial charge in [-0.05, 0) is 30.4 Å². The summed E-state index contributed by atoms with van der Waals surface area (Å²) < 4.78 is 0. The second-order valence-electron chi connectivity index (χ2n) is 5.56. The topological polar surface area (TPSA) is 50.7 Å². The highest BCUT2D eigenvalue weighted by atomic mass is 16.6. The van der Waals surface area contributed by atoms with Crippen LogP contribution in [0.2, 0.25) is 0 Å². The Bertz CT molecular complexity index is 514. The predicted octanol–water partition coefficient (Wildman–Crippen LogP) is 2.07. The summed E-state index contributed by atoms with van der Waals surface area (Å²) in [5, 5.41) is 7.02. The lowest BCUT2D eigenvalue weighted by Crippen LogP contribution is -2.36. The lowest BCUT2D eigenvalue weighted by atomic mass is 10.1. The van der Waals surface area contributed by atoms with Crippen molar-refractivity contribution in [1.82, 2.24) is 5.32 Å². The third-order valence-electron chi connectivity index (χ3n) is 4.13. The Morgan fingerprint density at radius 2 is 2.00 bits per heavy atom. The Morgan fingerprint density at radius 1 is 1.30 bits per heavy atom. The molecule has 0 saturated heterocycles. The van der Waals surface area contributed by atoms with Gasteiger partial charge in [0.2, 0.25) is 5.91 Å². The molecule has 1 N–H and O–H groups in total. The van der Waals surface area contributed by atoms with E-state index in [0.29, 0.717) is 6.54 Å². The van der Waals surface area contributed by atoms with Crippen LogP contribution >= 0.6 is 0 Å². The normalized spacial score (nSPS) is 21.2. The van der Waals surface area contributed by atoms with Crippen LogP contribution < -0.4 is 5.32 Å². The van der Waals surface area contributed by atoms with E-state index < -0.39 is 0 Å². The number of carbonyl (C=O) groups excluding carboxylic acids is 1. The number of nitrogens with one attached hydrogen (secondary N) is 1. The van der Waals surface area contributed by atoms with Crippen molar-refractivity contribution in [3.63, 3.8) is 0 Å². The zero-order valence-electron chi connectivity index (χ0n) is 11.8. The lowest BCUT2D eigenvalue weighted by molar-refractivity contribution is -0.125. The number of fused-ring (bicyclic) bond motifs is 1. The molecule has 1 aromatic rings. The van der Waals surface area contributed by atoms with Gasteiger partial charge < -0.3 is 10.2 Å². The van der Waals surface area contributed by atoms with Gasteiger partial charge in [-0.1, -0.05) is 36.3 Å². The third kappa shape index (κ3) is 2.69. The molecule has 1 aromatic carbocycles. The highest BCUT2D eigenvalue weighted by molar-refractivity contribution is 5.85. The lowest BCUT2D eigenvalue weighted by Gasteiger charge is -2.13. The Labute approximate surface area is 119 Å². The van der Waals surface area contributed by atoms with Gasteiger partial charge in [0.1, 0.15) is 6.10 Å². The largest absolute Gasteiger partial charge is 0.390 e. The summed E-state index contributed by atoms with van der Waals surface area (Å²) in [7, 11) is 0. The number of nitrogens with zero attached hydrogens (tertiary/aromatic N) is 1. The number of amides is 1. The number of rotatable bonds is 4. The molecule has 2 aliphatic rings. The monoisotopic (exact) mass is 272 g/mol. The second-order valence-corrected chi connectivity index (χ2v) is 5.56. The minimum Gasteiger partial charge on any atom is -0.390 e. The van der Waals surface area contributed by atoms with Gasteiger partial charge >= 0.3 is 0 Å². The van der Waals surface area contributed by atoms with Gasteiger partial charge in [0.25, 0.3) is 0 Å². The maximum atomic E-state index is 12.2. The van der Waals surface area contributed by atoms with Crippen molar-refractivity contribution in [2.24, 2.45) is 11.1 Å². The zero-order valence-corrected chi connectivity index (χ0v) is 11.8. The molecule has 0 saturated carbocycles. The average molecular weight is 272 g/mol. The molecule has 0 aromatic heterocycles. The minimum atomic E-state index is 0.0117. The molecule has 4 nitrogen and oxygen atoms in total. The van der Waals surface area contributed by atoms with Crippen LogP contribution in [0, 0.1) is 5.92 Å². The van der Waals surface area contributed by atoms with Crippen molar-refractivity contribution in [2.75, 3.05) is 6.54 Å². The molecular weight excluding hydrogens is 252 g/mol. The van der Waals surface area contributed by atoms with E-state index in [1.165, 1.54) is 11.1 Å². The quantitative estimate of drug-likeness (QED) is 0.912. The summed E-state index contributed by atoms with van der Waals surface area (Å²) in [4.78, 5) is 17.5. The Kier molecular flexibility index (Phi) is 3.72. The molecular formula is C16H20N2O2. The van der Waals surface area contributed by atoms with Crippen molar-refractivity contribution < 1.29 is 9.63 Å². The van der Waals surface area contributed by atoms with Gasteiger partial charge in [-0.25, -0.2) is 0 Å². The summed E-state index contributed by atoms with van der Waals surface area (Å²) in [6, 6.07) is 8.30. The van der Waals surface area contributed by atoms with Gasteiger partial charge in [-0.15, -0.1) is 0 Å². The Hall–Kier alpha value is -1.84. The fourth-order valence-corrected chi connectivity index (χ4v) is 2.91. The zero-order chi connectivity index (χ0) is 13.9. The van der Waals surface area contributed by atoms with E-state index in [-0.39, 0.29) is 17.9 Å². The minimum absolute atomic E-state index is 0.0117. The van der Waals surface area contributed by atoms with E-state index in [9.17, 15) is 4.79 Å². The molecule has 1 aliphatic carbocycles. The summed E-state index contributed by atoms with van der Waals surface area (Å²) in [5.74, 6) is 0.204. The smallest absolute Gasteiger partial charge is 0.223 e. The molecule has 0 bridgehead atoms.